The number of likely N-dealkylation sites (tertiary alicyclic amines) is 1. The van der Waals surface area contributed by atoms with Gasteiger partial charge in [-0.25, -0.2) is 0 Å². The molecule has 3 heteroatoms. The normalized spacial score (nSPS) is 34.6. The molecule has 1 saturated heterocycles. The van der Waals surface area contributed by atoms with Crippen LogP contribution < -0.4 is 0 Å². The molecule has 0 aromatic heterocycles. The van der Waals surface area contributed by atoms with E-state index in [0.29, 0.717) is 5.88 Å². The maximum atomic E-state index is 5.81. The Morgan fingerprint density at radius 1 is 1.31 bits per heavy atom. The summed E-state index contributed by atoms with van der Waals surface area (Å²) < 4.78 is 0. The van der Waals surface area contributed by atoms with Gasteiger partial charge in [0.05, 0.1) is 4.99 Å². The molecule has 1 aliphatic carbocycles. The van der Waals surface area contributed by atoms with Crippen LogP contribution >= 0.6 is 23.8 Å². The summed E-state index contributed by atoms with van der Waals surface area (Å²) in [6.45, 7) is 3.57. The second-order valence-corrected chi connectivity index (χ2v) is 6.18. The first-order chi connectivity index (χ1) is 7.74. The summed E-state index contributed by atoms with van der Waals surface area (Å²) in [6.07, 6.45) is 7.81. The Balaban J connectivity index is 2.07. The molecule has 0 amide bonds. The molecule has 0 aromatic carbocycles. The Hall–Kier alpha value is 0.180. The summed E-state index contributed by atoms with van der Waals surface area (Å²) in [7, 11) is 0. The number of piperidine rings is 1. The lowest BCUT2D eigenvalue weighted by Crippen LogP contribution is -2.52. The highest BCUT2D eigenvalue weighted by Gasteiger charge is 2.38. The summed E-state index contributed by atoms with van der Waals surface area (Å²) in [5.41, 5.74) is 0. The minimum atomic E-state index is 0.668. The Kier molecular flexibility index (Phi) is 4.48. The molecular formula is C13H22ClNS. The lowest BCUT2D eigenvalue weighted by molar-refractivity contribution is 0.0760. The van der Waals surface area contributed by atoms with Crippen LogP contribution in [0.1, 0.15) is 45.4 Å². The number of hydrogen-bond acceptors (Lipinski definition) is 1. The van der Waals surface area contributed by atoms with Crippen molar-refractivity contribution in [2.75, 3.05) is 12.4 Å². The highest BCUT2D eigenvalue weighted by molar-refractivity contribution is 7.80. The monoisotopic (exact) mass is 259 g/mol. The SMILES string of the molecule is CC1CCCC2CCCN(C(=S)CCCl)C12. The van der Waals surface area contributed by atoms with Crippen molar-refractivity contribution < 1.29 is 0 Å². The maximum Gasteiger partial charge on any atom is 0.0793 e. The van der Waals surface area contributed by atoms with Crippen molar-refractivity contribution in [2.45, 2.75) is 51.5 Å². The first-order valence-corrected chi connectivity index (χ1v) is 7.53. The summed E-state index contributed by atoms with van der Waals surface area (Å²) >= 11 is 11.3. The van der Waals surface area contributed by atoms with Crippen molar-refractivity contribution >= 4 is 28.8 Å². The minimum absolute atomic E-state index is 0.668. The maximum absolute atomic E-state index is 5.81. The number of rotatable bonds is 2. The third-order valence-electron chi connectivity index (χ3n) is 4.26. The van der Waals surface area contributed by atoms with Crippen LogP contribution in [0.4, 0.5) is 0 Å². The van der Waals surface area contributed by atoms with Gasteiger partial charge in [-0.15, -0.1) is 11.6 Å². The highest BCUT2D eigenvalue weighted by Crippen LogP contribution is 2.39. The average molecular weight is 260 g/mol. The molecule has 2 fully saturated rings. The van der Waals surface area contributed by atoms with Gasteiger partial charge >= 0.3 is 0 Å². The van der Waals surface area contributed by atoms with Gasteiger partial charge in [-0.2, -0.15) is 0 Å². The van der Waals surface area contributed by atoms with Gasteiger partial charge in [0.25, 0.3) is 0 Å². The standard InChI is InChI=1S/C13H22ClNS/c1-10-4-2-5-11-6-3-9-15(13(10)11)12(16)7-8-14/h10-11,13H,2-9H2,1H3. The molecule has 16 heavy (non-hydrogen) atoms. The predicted octanol–water partition coefficient (Wildman–Crippen LogP) is 3.84. The van der Waals surface area contributed by atoms with E-state index in [-0.39, 0.29) is 0 Å². The number of halogens is 1. The number of hydrogen-bond donors (Lipinski definition) is 0. The van der Waals surface area contributed by atoms with Crippen molar-refractivity contribution in [3.63, 3.8) is 0 Å². The molecule has 92 valence electrons. The van der Waals surface area contributed by atoms with Crippen LogP contribution in [0.25, 0.3) is 0 Å². The summed E-state index contributed by atoms with van der Waals surface area (Å²) in [5.74, 6) is 2.37. The van der Waals surface area contributed by atoms with Crippen LogP contribution in [0.5, 0.6) is 0 Å². The predicted molar refractivity (Wildman–Crippen MR) is 74.2 cm³/mol. The number of nitrogens with zero attached hydrogens (tertiary/aromatic N) is 1. The smallest absolute Gasteiger partial charge is 0.0793 e. The molecule has 0 aromatic rings. The van der Waals surface area contributed by atoms with Crippen molar-refractivity contribution in [3.05, 3.63) is 0 Å². The van der Waals surface area contributed by atoms with Crippen molar-refractivity contribution in [3.8, 4) is 0 Å². The topological polar surface area (TPSA) is 3.24 Å². The lowest BCUT2D eigenvalue weighted by Gasteiger charge is -2.48. The quantitative estimate of drug-likeness (QED) is 0.548. The van der Waals surface area contributed by atoms with Crippen LogP contribution in [0.15, 0.2) is 0 Å². The first kappa shape index (κ1) is 12.6. The van der Waals surface area contributed by atoms with Crippen LogP contribution in [0.3, 0.4) is 0 Å². The van der Waals surface area contributed by atoms with Gasteiger partial charge in [-0.05, 0) is 37.5 Å². The van der Waals surface area contributed by atoms with Crippen molar-refractivity contribution in [1.29, 1.82) is 0 Å². The molecule has 2 rings (SSSR count). The van der Waals surface area contributed by atoms with E-state index in [1.807, 2.05) is 0 Å². The molecule has 0 spiro atoms. The van der Waals surface area contributed by atoms with Crippen LogP contribution in [-0.2, 0) is 0 Å². The molecule has 3 unspecified atom stereocenters. The van der Waals surface area contributed by atoms with E-state index in [1.54, 1.807) is 0 Å². The molecule has 0 N–H and O–H groups in total. The van der Waals surface area contributed by atoms with E-state index in [1.165, 1.54) is 38.6 Å². The molecular weight excluding hydrogens is 238 g/mol. The van der Waals surface area contributed by atoms with Crippen LogP contribution in [0.2, 0.25) is 0 Å². The Morgan fingerprint density at radius 2 is 2.06 bits per heavy atom. The Bertz CT molecular complexity index is 254. The summed E-state index contributed by atoms with van der Waals surface area (Å²) in [5, 5.41) is 0. The Morgan fingerprint density at radius 3 is 2.81 bits per heavy atom. The van der Waals surface area contributed by atoms with Gasteiger partial charge in [0.2, 0.25) is 0 Å². The first-order valence-electron chi connectivity index (χ1n) is 6.59. The van der Waals surface area contributed by atoms with Crippen molar-refractivity contribution in [2.24, 2.45) is 11.8 Å². The molecule has 2 aliphatic rings. The van der Waals surface area contributed by atoms with Crippen LogP contribution in [0, 0.1) is 11.8 Å². The third kappa shape index (κ3) is 2.53. The van der Waals surface area contributed by atoms with Gasteiger partial charge in [0.1, 0.15) is 0 Å². The zero-order valence-electron chi connectivity index (χ0n) is 10.1. The number of thiocarbonyl (C=S) groups is 1. The van der Waals surface area contributed by atoms with Crippen LogP contribution in [-0.4, -0.2) is 28.4 Å². The van der Waals surface area contributed by atoms with Gasteiger partial charge in [0, 0.05) is 24.9 Å². The molecule has 1 nitrogen and oxygen atoms in total. The molecule has 1 aliphatic heterocycles. The average Bonchev–Trinajstić information content (AvgIpc) is 2.29. The van der Waals surface area contributed by atoms with Gasteiger partial charge < -0.3 is 4.90 Å². The van der Waals surface area contributed by atoms with Gasteiger partial charge in [-0.3, -0.25) is 0 Å². The van der Waals surface area contributed by atoms with Gasteiger partial charge in [-0.1, -0.05) is 25.6 Å². The fraction of sp³-hybridized carbons (Fsp3) is 0.923. The lowest BCUT2D eigenvalue weighted by atomic mass is 9.73. The summed E-state index contributed by atoms with van der Waals surface area (Å²) in [6, 6.07) is 0.721. The van der Waals surface area contributed by atoms with E-state index in [4.69, 9.17) is 23.8 Å². The zero-order valence-corrected chi connectivity index (χ0v) is 11.7. The molecule has 3 atom stereocenters. The van der Waals surface area contributed by atoms with E-state index >= 15 is 0 Å². The van der Waals surface area contributed by atoms with Crippen molar-refractivity contribution in [1.82, 2.24) is 4.90 Å². The minimum Gasteiger partial charge on any atom is -0.363 e. The summed E-state index contributed by atoms with van der Waals surface area (Å²) in [4.78, 5) is 3.62. The third-order valence-corrected chi connectivity index (χ3v) is 4.89. The second kappa shape index (κ2) is 5.68. The van der Waals surface area contributed by atoms with E-state index in [0.717, 1.165) is 29.3 Å². The van der Waals surface area contributed by atoms with E-state index in [2.05, 4.69) is 11.8 Å². The molecule has 0 radical (unpaired) electrons. The van der Waals surface area contributed by atoms with E-state index in [9.17, 15) is 0 Å². The Labute approximate surface area is 110 Å². The second-order valence-electron chi connectivity index (χ2n) is 5.33. The molecule has 0 bridgehead atoms. The molecule has 1 heterocycles. The fourth-order valence-corrected chi connectivity index (χ4v) is 4.18. The highest BCUT2D eigenvalue weighted by atomic mass is 35.5. The van der Waals surface area contributed by atoms with E-state index < -0.39 is 0 Å². The number of fused-ring (bicyclic) bond motifs is 1. The van der Waals surface area contributed by atoms with Gasteiger partial charge in [0.15, 0.2) is 0 Å². The molecule has 1 saturated carbocycles. The fourth-order valence-electron chi connectivity index (χ4n) is 3.57. The largest absolute Gasteiger partial charge is 0.363 e. The zero-order chi connectivity index (χ0) is 11.5. The number of alkyl halides is 1.